The molecule has 2 aliphatic carbocycles. The highest BCUT2D eigenvalue weighted by molar-refractivity contribution is 6.13. The zero-order valence-electron chi connectivity index (χ0n) is 19.6. The molecule has 4 aromatic carbocycles. The zero-order chi connectivity index (χ0) is 23.0. The van der Waals surface area contributed by atoms with Crippen LogP contribution in [0.3, 0.4) is 0 Å². The molecule has 0 fully saturated rings. The molecule has 0 amide bonds. The van der Waals surface area contributed by atoms with E-state index in [0.29, 0.717) is 6.42 Å². The zero-order valence-corrected chi connectivity index (χ0v) is 19.6. The van der Waals surface area contributed by atoms with Gasteiger partial charge in [0.2, 0.25) is 0 Å². The van der Waals surface area contributed by atoms with Crippen molar-refractivity contribution in [3.8, 4) is 11.1 Å². The largest absolute Gasteiger partial charge is 0.373 e. The second kappa shape index (κ2) is 6.93. The van der Waals surface area contributed by atoms with Gasteiger partial charge >= 0.3 is 0 Å². The molecule has 0 bridgehead atoms. The van der Waals surface area contributed by atoms with E-state index in [1.165, 1.54) is 49.7 Å². The Kier molecular flexibility index (Phi) is 4.03. The van der Waals surface area contributed by atoms with Gasteiger partial charge in [0.1, 0.15) is 0 Å². The summed E-state index contributed by atoms with van der Waals surface area (Å²) in [6.07, 6.45) is 2.50. The molecule has 0 saturated heterocycles. The number of allylic oxidation sites excluding steroid dienone is 1. The highest BCUT2D eigenvalue weighted by Crippen LogP contribution is 2.52. The van der Waals surface area contributed by atoms with Crippen LogP contribution in [0.15, 0.2) is 84.4 Å². The smallest absolute Gasteiger partial charge is 0.162 e. The minimum absolute atomic E-state index is 0.0388. The highest BCUT2D eigenvalue weighted by Gasteiger charge is 2.41. The van der Waals surface area contributed by atoms with E-state index in [4.69, 9.17) is 0 Å². The number of carbonyl (C=O) groups excluding carboxylic acids is 1. The maximum Gasteiger partial charge on any atom is 0.162 e. The fraction of sp³-hybridized carbons (Fsp3) is 0.219. The molecule has 1 unspecified atom stereocenters. The van der Waals surface area contributed by atoms with Gasteiger partial charge in [-0.2, -0.15) is 0 Å². The predicted molar refractivity (Wildman–Crippen MR) is 140 cm³/mol. The summed E-state index contributed by atoms with van der Waals surface area (Å²) in [6.45, 7) is 4.45. The van der Waals surface area contributed by atoms with Gasteiger partial charge in [0, 0.05) is 23.2 Å². The van der Waals surface area contributed by atoms with E-state index in [9.17, 15) is 4.79 Å². The van der Waals surface area contributed by atoms with Crippen molar-refractivity contribution in [3.63, 3.8) is 0 Å². The number of hydrogen-bond donors (Lipinski definition) is 1. The molecule has 34 heavy (non-hydrogen) atoms. The van der Waals surface area contributed by atoms with Crippen LogP contribution in [0.1, 0.15) is 55.0 Å². The van der Waals surface area contributed by atoms with Crippen molar-refractivity contribution < 1.29 is 4.79 Å². The molecular weight excluding hydrogens is 414 g/mol. The molecule has 0 aromatic heterocycles. The third kappa shape index (κ3) is 2.84. The lowest BCUT2D eigenvalue weighted by Gasteiger charge is -2.40. The van der Waals surface area contributed by atoms with Crippen LogP contribution < -0.4 is 5.32 Å². The number of anilines is 1. The van der Waals surface area contributed by atoms with Crippen molar-refractivity contribution in [1.29, 1.82) is 0 Å². The van der Waals surface area contributed by atoms with Crippen molar-refractivity contribution in [1.82, 2.24) is 0 Å². The number of benzene rings is 4. The summed E-state index contributed by atoms with van der Waals surface area (Å²) in [5, 5.41) is 6.25. The number of fused-ring (bicyclic) bond motifs is 7. The van der Waals surface area contributed by atoms with E-state index >= 15 is 0 Å². The van der Waals surface area contributed by atoms with Crippen molar-refractivity contribution in [2.75, 3.05) is 5.32 Å². The number of ketones is 1. The third-order valence-electron chi connectivity index (χ3n) is 7.89. The molecule has 0 saturated carbocycles. The second-order valence-corrected chi connectivity index (χ2v) is 10.9. The lowest BCUT2D eigenvalue weighted by Crippen LogP contribution is -2.33. The molecule has 166 valence electrons. The Bertz CT molecular complexity index is 1550. The summed E-state index contributed by atoms with van der Waals surface area (Å²) in [5.41, 5.74) is 11.1. The Morgan fingerprint density at radius 2 is 1.62 bits per heavy atom. The van der Waals surface area contributed by atoms with Gasteiger partial charge in [-0.3, -0.25) is 4.79 Å². The van der Waals surface area contributed by atoms with E-state index in [0.717, 1.165) is 24.1 Å². The molecule has 2 nitrogen and oxygen atoms in total. The lowest BCUT2D eigenvalue weighted by molar-refractivity contribution is -0.118. The highest BCUT2D eigenvalue weighted by atomic mass is 16.1. The van der Waals surface area contributed by atoms with Crippen LogP contribution in [0, 0.1) is 5.41 Å². The molecule has 0 radical (unpaired) electrons. The summed E-state index contributed by atoms with van der Waals surface area (Å²) in [5.74, 6) is 0.281. The summed E-state index contributed by atoms with van der Waals surface area (Å²) in [6, 6.07) is 28.3. The standard InChI is InChI=1S/C32H27NO/c1-32(2)17-26-29-24-10-6-3-7-19(24)13-14-27(29)33-31(30(26)28(34)18-32)22-12-11-21-15-20-8-4-5-9-23(20)25(21)16-22/h3-14,16,31,33H,15,17-18H2,1-2H3. The fourth-order valence-electron chi connectivity index (χ4n) is 6.41. The van der Waals surface area contributed by atoms with Gasteiger partial charge in [-0.15, -0.1) is 0 Å². The maximum absolute atomic E-state index is 13.7. The first kappa shape index (κ1) is 19.8. The van der Waals surface area contributed by atoms with Gasteiger partial charge in [-0.1, -0.05) is 80.6 Å². The quantitative estimate of drug-likeness (QED) is 0.288. The Balaban J connectivity index is 1.45. The molecule has 1 aliphatic heterocycles. The van der Waals surface area contributed by atoms with Crippen molar-refractivity contribution in [2.24, 2.45) is 5.41 Å². The van der Waals surface area contributed by atoms with Gasteiger partial charge in [-0.25, -0.2) is 0 Å². The Hall–Kier alpha value is -3.65. The van der Waals surface area contributed by atoms with Crippen LogP contribution in [0.5, 0.6) is 0 Å². The number of Topliss-reactive ketones (excluding diaryl/α,β-unsaturated/α-hetero) is 1. The third-order valence-corrected chi connectivity index (χ3v) is 7.89. The molecule has 1 N–H and O–H groups in total. The Labute approximate surface area is 200 Å². The minimum Gasteiger partial charge on any atom is -0.373 e. The summed E-state index contributed by atoms with van der Waals surface area (Å²) in [4.78, 5) is 13.7. The molecule has 1 atom stereocenters. The van der Waals surface area contributed by atoms with Crippen LogP contribution in [-0.2, 0) is 11.2 Å². The number of hydrogen-bond acceptors (Lipinski definition) is 2. The first-order chi connectivity index (χ1) is 16.5. The first-order valence-electron chi connectivity index (χ1n) is 12.2. The Morgan fingerprint density at radius 3 is 2.53 bits per heavy atom. The minimum atomic E-state index is -0.120. The average Bonchev–Trinajstić information content (AvgIpc) is 3.20. The summed E-state index contributed by atoms with van der Waals surface area (Å²) < 4.78 is 0. The second-order valence-electron chi connectivity index (χ2n) is 10.9. The monoisotopic (exact) mass is 441 g/mol. The normalized spacial score (nSPS) is 19.8. The Morgan fingerprint density at radius 1 is 0.824 bits per heavy atom. The van der Waals surface area contributed by atoms with Gasteiger partial charge < -0.3 is 5.32 Å². The van der Waals surface area contributed by atoms with Gasteiger partial charge in [0.15, 0.2) is 5.78 Å². The molecule has 2 heteroatoms. The van der Waals surface area contributed by atoms with Crippen molar-refractivity contribution >= 4 is 27.8 Å². The van der Waals surface area contributed by atoms with Gasteiger partial charge in [0.25, 0.3) is 0 Å². The molecular formula is C32H27NO. The van der Waals surface area contributed by atoms with Crippen molar-refractivity contribution in [2.45, 2.75) is 39.2 Å². The van der Waals surface area contributed by atoms with E-state index < -0.39 is 0 Å². The fourth-order valence-corrected chi connectivity index (χ4v) is 6.41. The van der Waals surface area contributed by atoms with Crippen molar-refractivity contribution in [3.05, 3.63) is 107 Å². The topological polar surface area (TPSA) is 29.1 Å². The van der Waals surface area contributed by atoms with E-state index in [-0.39, 0.29) is 17.2 Å². The van der Waals surface area contributed by atoms with Crippen LogP contribution >= 0.6 is 0 Å². The van der Waals surface area contributed by atoms with Crippen LogP contribution in [0.4, 0.5) is 5.69 Å². The maximum atomic E-state index is 13.7. The molecule has 0 spiro atoms. The van der Waals surface area contributed by atoms with Crippen LogP contribution in [0.2, 0.25) is 0 Å². The summed E-state index contributed by atoms with van der Waals surface area (Å²) in [7, 11) is 0. The SMILES string of the molecule is CC1(C)CC(=O)C2=C(C1)c1c(ccc3ccccc13)NC2c1ccc2c(c1)-c1ccccc1C2. The number of carbonyl (C=O) groups is 1. The molecule has 4 aromatic rings. The lowest BCUT2D eigenvalue weighted by atomic mass is 9.67. The summed E-state index contributed by atoms with van der Waals surface area (Å²) >= 11 is 0. The van der Waals surface area contributed by atoms with E-state index in [1.54, 1.807) is 0 Å². The van der Waals surface area contributed by atoms with Crippen LogP contribution in [0.25, 0.3) is 27.5 Å². The number of rotatable bonds is 1. The van der Waals surface area contributed by atoms with Gasteiger partial charge in [-0.05, 0) is 74.6 Å². The predicted octanol–water partition coefficient (Wildman–Crippen LogP) is 7.72. The van der Waals surface area contributed by atoms with Crippen LogP contribution in [-0.4, -0.2) is 5.78 Å². The van der Waals surface area contributed by atoms with Gasteiger partial charge in [0.05, 0.1) is 6.04 Å². The molecule has 7 rings (SSSR count). The van der Waals surface area contributed by atoms with E-state index in [2.05, 4.69) is 98.0 Å². The average molecular weight is 442 g/mol. The molecule has 1 heterocycles. The van der Waals surface area contributed by atoms with E-state index in [1.807, 2.05) is 0 Å². The number of nitrogens with one attached hydrogen (secondary N) is 1. The first-order valence-corrected chi connectivity index (χ1v) is 12.2. The molecule has 3 aliphatic rings.